The van der Waals surface area contributed by atoms with Crippen molar-refractivity contribution in [3.8, 4) is 0 Å². The molecule has 3 amide bonds. The molecule has 0 spiro atoms. The molecule has 0 aromatic heterocycles. The molecule has 206 valence electrons. The molecule has 0 saturated heterocycles. The number of nitrogens with one attached hydrogen (secondary N) is 2. The number of nitrogens with zero attached hydrogens (tertiary/aromatic N) is 1. The molecule has 9 nitrogen and oxygen atoms in total. The van der Waals surface area contributed by atoms with Crippen LogP contribution in [0, 0.1) is 5.92 Å². The zero-order valence-electron chi connectivity index (χ0n) is 23.0. The van der Waals surface area contributed by atoms with Crippen molar-refractivity contribution < 1.29 is 28.7 Å². The molecule has 37 heavy (non-hydrogen) atoms. The van der Waals surface area contributed by atoms with E-state index in [4.69, 9.17) is 4.74 Å². The van der Waals surface area contributed by atoms with Crippen LogP contribution in [0.25, 0.3) is 0 Å². The number of alkyl carbamates (subject to hydrolysis) is 1. The number of aryl methyl sites for hydroxylation is 1. The van der Waals surface area contributed by atoms with Gasteiger partial charge in [0.1, 0.15) is 24.2 Å². The van der Waals surface area contributed by atoms with E-state index >= 15 is 0 Å². The summed E-state index contributed by atoms with van der Waals surface area (Å²) in [5.74, 6) is -0.604. The Balaban J connectivity index is 2.46. The van der Waals surface area contributed by atoms with Gasteiger partial charge in [0.25, 0.3) is 0 Å². The fourth-order valence-electron chi connectivity index (χ4n) is 4.00. The third-order valence-electron chi connectivity index (χ3n) is 6.14. The molecule has 0 heterocycles. The summed E-state index contributed by atoms with van der Waals surface area (Å²) in [5, 5.41) is 5.36. The smallest absolute Gasteiger partial charge is 0.408 e. The number of hydrogen-bond acceptors (Lipinski definition) is 7. The monoisotopic (exact) mass is 535 g/mol. The molecule has 0 bridgehead atoms. The summed E-state index contributed by atoms with van der Waals surface area (Å²) in [6, 6.07) is 5.51. The largest absolute Gasteiger partial charge is 0.468 e. The molecule has 0 aliphatic heterocycles. The van der Waals surface area contributed by atoms with Gasteiger partial charge in [0, 0.05) is 6.04 Å². The van der Waals surface area contributed by atoms with Gasteiger partial charge in [0.2, 0.25) is 11.8 Å². The topological polar surface area (TPSA) is 114 Å². The maximum Gasteiger partial charge on any atom is 0.408 e. The second-order valence-corrected chi connectivity index (χ2v) is 11.3. The van der Waals surface area contributed by atoms with Gasteiger partial charge in [-0.25, -0.2) is 4.79 Å². The van der Waals surface area contributed by atoms with Gasteiger partial charge in [-0.05, 0) is 69.1 Å². The minimum atomic E-state index is -0.977. The van der Waals surface area contributed by atoms with E-state index in [9.17, 15) is 19.2 Å². The zero-order chi connectivity index (χ0) is 27.8. The first-order chi connectivity index (χ1) is 17.4. The Bertz CT molecular complexity index is 946. The van der Waals surface area contributed by atoms with E-state index in [2.05, 4.69) is 15.4 Å². The van der Waals surface area contributed by atoms with Crippen molar-refractivity contribution in [2.24, 2.45) is 5.92 Å². The molecule has 2 N–H and O–H groups in total. The van der Waals surface area contributed by atoms with Crippen LogP contribution in [-0.4, -0.2) is 72.1 Å². The number of carbonyl (C=O) groups is 4. The summed E-state index contributed by atoms with van der Waals surface area (Å²) >= 11 is 1.56. The molecular weight excluding hydrogens is 494 g/mol. The van der Waals surface area contributed by atoms with E-state index in [1.807, 2.05) is 44.4 Å². The number of esters is 1. The van der Waals surface area contributed by atoms with Crippen LogP contribution in [0.15, 0.2) is 24.3 Å². The Hall–Kier alpha value is -2.75. The highest BCUT2D eigenvalue weighted by atomic mass is 32.2. The van der Waals surface area contributed by atoms with Crippen LogP contribution < -0.4 is 10.6 Å². The highest BCUT2D eigenvalue weighted by Crippen LogP contribution is 2.41. The van der Waals surface area contributed by atoms with Crippen molar-refractivity contribution in [2.45, 2.75) is 77.6 Å². The summed E-state index contributed by atoms with van der Waals surface area (Å²) in [7, 11) is 1.25. The first-order valence-electron chi connectivity index (χ1n) is 12.7. The maximum absolute atomic E-state index is 14.1. The minimum absolute atomic E-state index is 0.176. The lowest BCUT2D eigenvalue weighted by Gasteiger charge is -2.35. The SMILES string of the molecule is CCc1ccc(C(C(=O)NCC(=O)OC)N(C(=O)C(CCSC)NC(=O)OC(C)(C)C)C2CC2C)cc1. The van der Waals surface area contributed by atoms with Gasteiger partial charge in [0.15, 0.2) is 0 Å². The highest BCUT2D eigenvalue weighted by Gasteiger charge is 2.48. The number of methoxy groups -OCH3 is 1. The number of rotatable bonds is 12. The molecule has 0 radical (unpaired) electrons. The molecular formula is C27H41N3O6S. The molecule has 4 atom stereocenters. The van der Waals surface area contributed by atoms with Crippen molar-refractivity contribution in [2.75, 3.05) is 25.7 Å². The number of ether oxygens (including phenoxy) is 2. The molecule has 1 aliphatic carbocycles. The molecule has 1 aliphatic rings. The van der Waals surface area contributed by atoms with E-state index in [0.717, 1.165) is 18.4 Å². The lowest BCUT2D eigenvalue weighted by atomic mass is 9.99. The van der Waals surface area contributed by atoms with Crippen molar-refractivity contribution >= 4 is 35.6 Å². The number of benzene rings is 1. The van der Waals surface area contributed by atoms with Crippen molar-refractivity contribution in [3.05, 3.63) is 35.4 Å². The van der Waals surface area contributed by atoms with Gasteiger partial charge < -0.3 is 25.0 Å². The van der Waals surface area contributed by atoms with E-state index in [0.29, 0.717) is 17.7 Å². The summed E-state index contributed by atoms with van der Waals surface area (Å²) in [4.78, 5) is 53.6. The Morgan fingerprint density at radius 1 is 1.16 bits per heavy atom. The third kappa shape index (κ3) is 9.25. The number of thioether (sulfide) groups is 1. The predicted molar refractivity (Wildman–Crippen MR) is 144 cm³/mol. The number of amides is 3. The fraction of sp³-hybridized carbons (Fsp3) is 0.630. The quantitative estimate of drug-likeness (QED) is 0.394. The average molecular weight is 536 g/mol. The lowest BCUT2D eigenvalue weighted by molar-refractivity contribution is -0.145. The maximum atomic E-state index is 14.1. The van der Waals surface area contributed by atoms with E-state index < -0.39 is 35.7 Å². The summed E-state index contributed by atoms with van der Waals surface area (Å²) in [6.07, 6.45) is 3.19. The predicted octanol–water partition coefficient (Wildman–Crippen LogP) is 3.46. The van der Waals surface area contributed by atoms with Crippen LogP contribution in [0.2, 0.25) is 0 Å². The molecule has 1 saturated carbocycles. The van der Waals surface area contributed by atoms with E-state index in [1.165, 1.54) is 7.11 Å². The Labute approximate surface area is 224 Å². The standard InChI is InChI=1S/C27H41N3O6S/c1-8-18-9-11-19(12-10-18)23(24(32)28-16-22(31)35-6)30(21-15-17(21)2)25(33)20(13-14-37-7)29-26(34)36-27(3,4)5/h9-12,17,20-21,23H,8,13-16H2,1-7H3,(H,28,32)(H,29,34). The van der Waals surface area contributed by atoms with Crippen molar-refractivity contribution in [3.63, 3.8) is 0 Å². The molecule has 2 rings (SSSR count). The minimum Gasteiger partial charge on any atom is -0.468 e. The molecule has 1 aromatic carbocycles. The van der Waals surface area contributed by atoms with Gasteiger partial charge in [0.05, 0.1) is 7.11 Å². The first-order valence-corrected chi connectivity index (χ1v) is 14.0. The normalized spacial score (nSPS) is 18.2. The average Bonchev–Trinajstić information content (AvgIpc) is 3.57. The highest BCUT2D eigenvalue weighted by molar-refractivity contribution is 7.98. The van der Waals surface area contributed by atoms with Gasteiger partial charge in [-0.1, -0.05) is 38.1 Å². The molecule has 4 unspecified atom stereocenters. The van der Waals surface area contributed by atoms with Crippen LogP contribution in [0.1, 0.15) is 64.6 Å². The fourth-order valence-corrected chi connectivity index (χ4v) is 4.47. The second-order valence-electron chi connectivity index (χ2n) is 10.3. The lowest BCUT2D eigenvalue weighted by Crippen LogP contribution is -2.54. The van der Waals surface area contributed by atoms with Gasteiger partial charge in [-0.2, -0.15) is 11.8 Å². The Morgan fingerprint density at radius 2 is 1.78 bits per heavy atom. The molecule has 1 fully saturated rings. The Morgan fingerprint density at radius 3 is 2.27 bits per heavy atom. The van der Waals surface area contributed by atoms with Crippen molar-refractivity contribution in [1.29, 1.82) is 0 Å². The summed E-state index contributed by atoms with van der Waals surface area (Å²) in [5.41, 5.74) is 1.01. The zero-order valence-corrected chi connectivity index (χ0v) is 23.8. The number of carbonyl (C=O) groups excluding carboxylic acids is 4. The van der Waals surface area contributed by atoms with Crippen LogP contribution >= 0.6 is 11.8 Å². The van der Waals surface area contributed by atoms with Crippen LogP contribution in [0.5, 0.6) is 0 Å². The summed E-state index contributed by atoms with van der Waals surface area (Å²) in [6.45, 7) is 9.01. The Kier molecular flexibility index (Phi) is 11.3. The van der Waals surface area contributed by atoms with E-state index in [1.54, 1.807) is 37.4 Å². The van der Waals surface area contributed by atoms with Crippen LogP contribution in [-0.2, 0) is 30.3 Å². The van der Waals surface area contributed by atoms with Crippen molar-refractivity contribution in [1.82, 2.24) is 15.5 Å². The van der Waals surface area contributed by atoms with Crippen LogP contribution in [0.3, 0.4) is 0 Å². The second kappa shape index (κ2) is 13.7. The van der Waals surface area contributed by atoms with Crippen LogP contribution in [0.4, 0.5) is 4.79 Å². The first kappa shape index (κ1) is 30.5. The van der Waals surface area contributed by atoms with E-state index in [-0.39, 0.29) is 24.4 Å². The molecule has 10 heteroatoms. The number of hydrogen-bond donors (Lipinski definition) is 2. The third-order valence-corrected chi connectivity index (χ3v) is 6.79. The molecule has 1 aromatic rings. The van der Waals surface area contributed by atoms with Gasteiger partial charge in [-0.3, -0.25) is 14.4 Å². The summed E-state index contributed by atoms with van der Waals surface area (Å²) < 4.78 is 10.1. The van der Waals surface area contributed by atoms with Gasteiger partial charge >= 0.3 is 12.1 Å². The van der Waals surface area contributed by atoms with Gasteiger partial charge in [-0.15, -0.1) is 0 Å².